The Bertz CT molecular complexity index is 824. The number of halogens is 1. The number of aliphatic imine (C=N–C) groups is 1. The van der Waals surface area contributed by atoms with Crippen LogP contribution in [0.2, 0.25) is 0 Å². The van der Waals surface area contributed by atoms with Crippen molar-refractivity contribution in [1.29, 1.82) is 0 Å². The van der Waals surface area contributed by atoms with Gasteiger partial charge in [-0.15, -0.1) is 0 Å². The molecule has 1 aliphatic heterocycles. The highest BCUT2D eigenvalue weighted by Gasteiger charge is 2.32. The first-order valence-electron chi connectivity index (χ1n) is 8.09. The van der Waals surface area contributed by atoms with Gasteiger partial charge in [0.15, 0.2) is 5.17 Å². The van der Waals surface area contributed by atoms with Gasteiger partial charge in [-0.05, 0) is 36.2 Å². The third-order valence-corrected chi connectivity index (χ3v) is 5.09. The number of amides is 1. The Labute approximate surface area is 154 Å². The molecule has 0 N–H and O–H groups in total. The number of carbonyl (C=O) groups is 2. The summed E-state index contributed by atoms with van der Waals surface area (Å²) in [6.45, 7) is 0.385. The van der Waals surface area contributed by atoms with E-state index in [1.807, 2.05) is 30.3 Å². The molecule has 26 heavy (non-hydrogen) atoms. The molecule has 0 unspecified atom stereocenters. The summed E-state index contributed by atoms with van der Waals surface area (Å²) in [7, 11) is 0. The van der Waals surface area contributed by atoms with E-state index in [9.17, 15) is 19.1 Å². The van der Waals surface area contributed by atoms with Crippen molar-refractivity contribution in [3.05, 3.63) is 66.0 Å². The number of aliphatic carboxylic acids is 1. The number of benzene rings is 2. The molecular weight excluding hydrogens is 355 g/mol. The summed E-state index contributed by atoms with van der Waals surface area (Å²) in [5, 5.41) is 10.5. The highest BCUT2D eigenvalue weighted by atomic mass is 32.2. The van der Waals surface area contributed by atoms with Gasteiger partial charge in [0.05, 0.1) is 16.9 Å². The third kappa shape index (κ3) is 4.49. The van der Waals surface area contributed by atoms with Crippen molar-refractivity contribution >= 4 is 34.5 Å². The number of hydrogen-bond donors (Lipinski definition) is 0. The van der Waals surface area contributed by atoms with Crippen LogP contribution in [0.4, 0.5) is 10.1 Å². The third-order valence-electron chi connectivity index (χ3n) is 3.92. The monoisotopic (exact) mass is 371 g/mol. The maximum Gasteiger partial charge on any atom is 0.230 e. The predicted octanol–water partition coefficient (Wildman–Crippen LogP) is 2.14. The van der Waals surface area contributed by atoms with E-state index in [1.165, 1.54) is 29.2 Å². The molecule has 0 aliphatic carbocycles. The second-order valence-electron chi connectivity index (χ2n) is 5.78. The van der Waals surface area contributed by atoms with E-state index in [4.69, 9.17) is 0 Å². The van der Waals surface area contributed by atoms with E-state index in [0.29, 0.717) is 18.7 Å². The fourth-order valence-corrected chi connectivity index (χ4v) is 3.61. The molecule has 5 nitrogen and oxygen atoms in total. The van der Waals surface area contributed by atoms with E-state index in [0.717, 1.165) is 17.3 Å². The number of amidine groups is 1. The molecule has 1 aliphatic rings. The van der Waals surface area contributed by atoms with Gasteiger partial charge >= 0.3 is 0 Å². The fraction of sp³-hybridized carbons (Fsp3) is 0.211. The minimum atomic E-state index is -1.29. The van der Waals surface area contributed by atoms with Crippen molar-refractivity contribution in [3.8, 4) is 0 Å². The average molecular weight is 371 g/mol. The second kappa shape index (κ2) is 8.14. The SMILES string of the molecule is O=C([O-])[C@H]1CC(=O)N(CCc2ccccc2)C(=Nc2ccc(F)cc2)S1. The molecule has 1 fully saturated rings. The van der Waals surface area contributed by atoms with E-state index in [-0.39, 0.29) is 17.5 Å². The van der Waals surface area contributed by atoms with Crippen LogP contribution in [-0.4, -0.2) is 33.7 Å². The molecule has 0 spiro atoms. The van der Waals surface area contributed by atoms with Gasteiger partial charge in [0.1, 0.15) is 5.82 Å². The zero-order valence-corrected chi connectivity index (χ0v) is 14.6. The lowest BCUT2D eigenvalue weighted by Gasteiger charge is -2.32. The maximum absolute atomic E-state index is 13.1. The smallest absolute Gasteiger partial charge is 0.230 e. The first kappa shape index (κ1) is 18.1. The number of hydrogen-bond acceptors (Lipinski definition) is 5. The molecule has 1 amide bonds. The number of carbonyl (C=O) groups excluding carboxylic acids is 2. The molecule has 7 heteroatoms. The lowest BCUT2D eigenvalue weighted by molar-refractivity contribution is -0.304. The molecular formula is C19H16FN2O3S-. The van der Waals surface area contributed by atoms with Crippen molar-refractivity contribution in [2.24, 2.45) is 4.99 Å². The van der Waals surface area contributed by atoms with Gasteiger partial charge < -0.3 is 9.90 Å². The first-order valence-corrected chi connectivity index (χ1v) is 8.97. The van der Waals surface area contributed by atoms with Crippen molar-refractivity contribution in [1.82, 2.24) is 4.90 Å². The number of nitrogens with zero attached hydrogens (tertiary/aromatic N) is 2. The van der Waals surface area contributed by atoms with Crippen LogP contribution in [0, 0.1) is 5.82 Å². The molecule has 1 atom stereocenters. The minimum Gasteiger partial charge on any atom is -0.549 e. The standard InChI is InChI=1S/C19H17FN2O3S/c20-14-6-8-15(9-7-14)21-19-22(11-10-13-4-2-1-3-5-13)17(23)12-16(26-19)18(24)25/h1-9,16H,10-12H2,(H,24,25)/p-1/t16-/m1/s1. The normalized spacial score (nSPS) is 19.0. The number of rotatable bonds is 5. The Kier molecular flexibility index (Phi) is 5.68. The summed E-state index contributed by atoms with van der Waals surface area (Å²) in [4.78, 5) is 29.5. The summed E-state index contributed by atoms with van der Waals surface area (Å²) < 4.78 is 13.1. The number of thioether (sulfide) groups is 1. The van der Waals surface area contributed by atoms with Crippen molar-refractivity contribution in [3.63, 3.8) is 0 Å². The summed E-state index contributed by atoms with van der Waals surface area (Å²) >= 11 is 0.985. The molecule has 1 heterocycles. The van der Waals surface area contributed by atoms with Crippen LogP contribution < -0.4 is 5.11 Å². The molecule has 0 saturated carbocycles. The molecule has 0 radical (unpaired) electrons. The van der Waals surface area contributed by atoms with Crippen LogP contribution in [0.25, 0.3) is 0 Å². The Balaban J connectivity index is 1.84. The van der Waals surface area contributed by atoms with Gasteiger partial charge in [-0.25, -0.2) is 9.38 Å². The van der Waals surface area contributed by atoms with Crippen LogP contribution in [0.5, 0.6) is 0 Å². The van der Waals surface area contributed by atoms with Gasteiger partial charge in [-0.2, -0.15) is 0 Å². The van der Waals surface area contributed by atoms with Gasteiger partial charge in [0.2, 0.25) is 5.91 Å². The Morgan fingerprint density at radius 1 is 1.19 bits per heavy atom. The van der Waals surface area contributed by atoms with E-state index in [2.05, 4.69) is 4.99 Å². The average Bonchev–Trinajstić information content (AvgIpc) is 2.63. The Hall–Kier alpha value is -2.67. The molecule has 2 aromatic rings. The van der Waals surface area contributed by atoms with Gasteiger partial charge in [0.25, 0.3) is 0 Å². The molecule has 0 bridgehead atoms. The highest BCUT2D eigenvalue weighted by Crippen LogP contribution is 2.29. The Morgan fingerprint density at radius 2 is 1.88 bits per heavy atom. The summed E-state index contributed by atoms with van der Waals surface area (Å²) in [6, 6.07) is 15.2. The topological polar surface area (TPSA) is 72.8 Å². The number of carboxylic acids is 1. The van der Waals surface area contributed by atoms with E-state index < -0.39 is 17.0 Å². The van der Waals surface area contributed by atoms with Crippen molar-refractivity contribution < 1.29 is 19.1 Å². The van der Waals surface area contributed by atoms with Crippen LogP contribution in [0.3, 0.4) is 0 Å². The molecule has 2 aromatic carbocycles. The van der Waals surface area contributed by atoms with Crippen molar-refractivity contribution in [2.75, 3.05) is 6.54 Å². The first-order chi connectivity index (χ1) is 12.5. The largest absolute Gasteiger partial charge is 0.549 e. The van der Waals surface area contributed by atoms with Crippen LogP contribution in [0.1, 0.15) is 12.0 Å². The van der Waals surface area contributed by atoms with Gasteiger partial charge in [-0.3, -0.25) is 9.69 Å². The molecule has 1 saturated heterocycles. The molecule has 134 valence electrons. The quantitative estimate of drug-likeness (QED) is 0.807. The van der Waals surface area contributed by atoms with Crippen LogP contribution in [0.15, 0.2) is 59.6 Å². The summed E-state index contributed by atoms with van der Waals surface area (Å²) in [5.74, 6) is -2.00. The minimum absolute atomic E-state index is 0.135. The maximum atomic E-state index is 13.1. The van der Waals surface area contributed by atoms with E-state index >= 15 is 0 Å². The van der Waals surface area contributed by atoms with Crippen LogP contribution in [-0.2, 0) is 16.0 Å². The second-order valence-corrected chi connectivity index (χ2v) is 6.95. The lowest BCUT2D eigenvalue weighted by atomic mass is 10.1. The van der Waals surface area contributed by atoms with Gasteiger partial charge in [0, 0.05) is 13.0 Å². The van der Waals surface area contributed by atoms with E-state index in [1.54, 1.807) is 0 Å². The van der Waals surface area contributed by atoms with Crippen LogP contribution >= 0.6 is 11.8 Å². The fourth-order valence-electron chi connectivity index (χ4n) is 2.56. The predicted molar refractivity (Wildman–Crippen MR) is 96.4 cm³/mol. The van der Waals surface area contributed by atoms with Gasteiger partial charge in [-0.1, -0.05) is 42.1 Å². The summed E-state index contributed by atoms with van der Waals surface area (Å²) in [6.07, 6.45) is 0.482. The zero-order valence-electron chi connectivity index (χ0n) is 13.8. The highest BCUT2D eigenvalue weighted by molar-refractivity contribution is 8.15. The zero-order chi connectivity index (χ0) is 18.5. The number of carboxylic acid groups (broad SMARTS) is 1. The van der Waals surface area contributed by atoms with Crippen molar-refractivity contribution in [2.45, 2.75) is 18.1 Å². The summed E-state index contributed by atoms with van der Waals surface area (Å²) in [5.41, 5.74) is 1.51. The molecule has 3 rings (SSSR count). The molecule has 0 aromatic heterocycles. The Morgan fingerprint density at radius 3 is 2.54 bits per heavy atom. The lowest BCUT2D eigenvalue weighted by Crippen LogP contribution is -2.48.